The monoisotopic (exact) mass is 420 g/mol. The van der Waals surface area contributed by atoms with E-state index in [9.17, 15) is 9.59 Å². The third-order valence-electron chi connectivity index (χ3n) is 4.68. The van der Waals surface area contributed by atoms with E-state index in [4.69, 9.17) is 11.6 Å². The van der Waals surface area contributed by atoms with E-state index in [1.807, 2.05) is 18.7 Å². The zero-order valence-electron chi connectivity index (χ0n) is 16.2. The van der Waals surface area contributed by atoms with Crippen molar-refractivity contribution in [1.29, 1.82) is 0 Å². The molecule has 0 aliphatic carbocycles. The summed E-state index contributed by atoms with van der Waals surface area (Å²) in [6.45, 7) is 5.84. The van der Waals surface area contributed by atoms with Gasteiger partial charge >= 0.3 is 6.03 Å². The minimum Gasteiger partial charge on any atom is -0.337 e. The summed E-state index contributed by atoms with van der Waals surface area (Å²) in [5, 5.41) is 5.97. The molecule has 0 radical (unpaired) electrons. The molecule has 28 heavy (non-hydrogen) atoms. The maximum atomic E-state index is 12.7. The Balaban J connectivity index is 1.66. The molecule has 0 unspecified atom stereocenters. The lowest BCUT2D eigenvalue weighted by molar-refractivity contribution is 0.0719. The smallest absolute Gasteiger partial charge is 0.322 e. The van der Waals surface area contributed by atoms with Crippen LogP contribution in [0.3, 0.4) is 0 Å². The summed E-state index contributed by atoms with van der Waals surface area (Å²) in [5.41, 5.74) is 1.11. The Labute approximate surface area is 174 Å². The molecule has 2 heterocycles. The van der Waals surface area contributed by atoms with Crippen molar-refractivity contribution in [2.45, 2.75) is 45.7 Å². The molecule has 1 N–H and O–H groups in total. The molecule has 8 heteroatoms. The molecule has 3 rings (SSSR count). The first-order chi connectivity index (χ1) is 13.4. The topological polar surface area (TPSA) is 65.5 Å². The summed E-state index contributed by atoms with van der Waals surface area (Å²) in [4.78, 5) is 33.4. The van der Waals surface area contributed by atoms with Crippen LogP contribution in [-0.4, -0.2) is 45.9 Å². The second-order valence-corrected chi connectivity index (χ2v) is 8.52. The van der Waals surface area contributed by atoms with Gasteiger partial charge in [0, 0.05) is 35.2 Å². The molecule has 1 saturated heterocycles. The molecule has 3 amide bonds. The highest BCUT2D eigenvalue weighted by atomic mass is 35.5. The van der Waals surface area contributed by atoms with Gasteiger partial charge in [-0.05, 0) is 51.3 Å². The van der Waals surface area contributed by atoms with Crippen LogP contribution in [0.1, 0.15) is 48.6 Å². The molecular weight excluding hydrogens is 396 g/mol. The third kappa shape index (κ3) is 5.23. The van der Waals surface area contributed by atoms with Gasteiger partial charge in [-0.15, -0.1) is 11.3 Å². The van der Waals surface area contributed by atoms with E-state index in [0.29, 0.717) is 22.9 Å². The average molecular weight is 421 g/mol. The van der Waals surface area contributed by atoms with Gasteiger partial charge in [0.05, 0.1) is 6.54 Å². The number of halogens is 1. The summed E-state index contributed by atoms with van der Waals surface area (Å²) < 4.78 is 0. The average Bonchev–Trinajstić information content (AvgIpc) is 3.14. The van der Waals surface area contributed by atoms with Crippen molar-refractivity contribution in [2.75, 3.05) is 18.4 Å². The minimum atomic E-state index is -0.226. The van der Waals surface area contributed by atoms with Crippen LogP contribution in [0.5, 0.6) is 0 Å². The molecule has 150 valence electrons. The summed E-state index contributed by atoms with van der Waals surface area (Å²) in [6.07, 6.45) is 3.28. The molecule has 0 atom stereocenters. The Bertz CT molecular complexity index is 833. The van der Waals surface area contributed by atoms with Crippen LogP contribution >= 0.6 is 22.9 Å². The van der Waals surface area contributed by atoms with Crippen LogP contribution < -0.4 is 5.32 Å². The van der Waals surface area contributed by atoms with E-state index in [1.165, 1.54) is 17.8 Å². The molecule has 1 aromatic carbocycles. The molecule has 1 aliphatic rings. The van der Waals surface area contributed by atoms with Crippen molar-refractivity contribution in [3.05, 3.63) is 45.4 Å². The number of carbonyl (C=O) groups is 2. The lowest BCUT2D eigenvalue weighted by atomic mass is 10.1. The fourth-order valence-electron chi connectivity index (χ4n) is 3.14. The molecule has 0 bridgehead atoms. The first kappa shape index (κ1) is 20.6. The van der Waals surface area contributed by atoms with Gasteiger partial charge in [-0.2, -0.15) is 0 Å². The molecule has 0 saturated carbocycles. The fraction of sp³-hybridized carbons (Fsp3) is 0.450. The largest absolute Gasteiger partial charge is 0.337 e. The minimum absolute atomic E-state index is 0.0123. The number of aromatic nitrogens is 1. The zero-order chi connectivity index (χ0) is 20.1. The SMILES string of the molecule is CC(C)N(Cc1nc(C(=O)N2CCCCC2)cs1)C(=O)Nc1cccc(Cl)c1. The zero-order valence-corrected chi connectivity index (χ0v) is 17.7. The van der Waals surface area contributed by atoms with Crippen molar-refractivity contribution in [1.82, 2.24) is 14.8 Å². The number of carbonyl (C=O) groups excluding carboxylic acids is 2. The van der Waals surface area contributed by atoms with Crippen molar-refractivity contribution in [3.8, 4) is 0 Å². The van der Waals surface area contributed by atoms with Crippen LogP contribution in [0, 0.1) is 0 Å². The number of piperidine rings is 1. The fourth-order valence-corrected chi connectivity index (χ4v) is 4.09. The Morgan fingerprint density at radius 3 is 2.71 bits per heavy atom. The Morgan fingerprint density at radius 1 is 1.29 bits per heavy atom. The van der Waals surface area contributed by atoms with Gasteiger partial charge in [-0.1, -0.05) is 17.7 Å². The summed E-state index contributed by atoms with van der Waals surface area (Å²) in [7, 11) is 0. The van der Waals surface area contributed by atoms with Crippen molar-refractivity contribution >= 4 is 40.6 Å². The number of nitrogens with zero attached hydrogens (tertiary/aromatic N) is 3. The highest BCUT2D eigenvalue weighted by Crippen LogP contribution is 2.20. The van der Waals surface area contributed by atoms with E-state index in [-0.39, 0.29) is 18.0 Å². The highest BCUT2D eigenvalue weighted by molar-refractivity contribution is 7.09. The lowest BCUT2D eigenvalue weighted by Gasteiger charge is -2.26. The number of amides is 3. The summed E-state index contributed by atoms with van der Waals surface area (Å²) >= 11 is 7.40. The van der Waals surface area contributed by atoms with Crippen LogP contribution in [0.2, 0.25) is 5.02 Å². The van der Waals surface area contributed by atoms with Gasteiger partial charge in [-0.3, -0.25) is 4.79 Å². The Hall–Kier alpha value is -2.12. The van der Waals surface area contributed by atoms with Crippen LogP contribution in [0.15, 0.2) is 29.6 Å². The van der Waals surface area contributed by atoms with E-state index < -0.39 is 0 Å². The molecular formula is C20H25ClN4O2S. The van der Waals surface area contributed by atoms with Crippen LogP contribution in [-0.2, 0) is 6.54 Å². The number of urea groups is 1. The van der Waals surface area contributed by atoms with Gasteiger partial charge in [0.15, 0.2) is 0 Å². The number of hydrogen-bond donors (Lipinski definition) is 1. The van der Waals surface area contributed by atoms with Crippen molar-refractivity contribution in [3.63, 3.8) is 0 Å². The predicted molar refractivity (Wildman–Crippen MR) is 113 cm³/mol. The number of likely N-dealkylation sites (tertiary alicyclic amines) is 1. The molecule has 6 nitrogen and oxygen atoms in total. The molecule has 2 aromatic rings. The second kappa shape index (κ2) is 9.39. The van der Waals surface area contributed by atoms with Crippen LogP contribution in [0.4, 0.5) is 10.5 Å². The number of anilines is 1. The Morgan fingerprint density at radius 2 is 2.04 bits per heavy atom. The maximum absolute atomic E-state index is 12.7. The number of hydrogen-bond acceptors (Lipinski definition) is 4. The molecule has 0 spiro atoms. The van der Waals surface area contributed by atoms with Gasteiger partial charge in [0.2, 0.25) is 0 Å². The van der Waals surface area contributed by atoms with Gasteiger partial charge < -0.3 is 15.1 Å². The van der Waals surface area contributed by atoms with Gasteiger partial charge in [0.1, 0.15) is 10.7 Å². The first-order valence-electron chi connectivity index (χ1n) is 9.51. The van der Waals surface area contributed by atoms with Crippen molar-refractivity contribution in [2.24, 2.45) is 0 Å². The number of thiazole rings is 1. The van der Waals surface area contributed by atoms with E-state index in [0.717, 1.165) is 30.9 Å². The summed E-state index contributed by atoms with van der Waals surface area (Å²) in [5.74, 6) is -0.0123. The van der Waals surface area contributed by atoms with Crippen molar-refractivity contribution < 1.29 is 9.59 Å². The predicted octanol–water partition coefficient (Wildman–Crippen LogP) is 4.87. The summed E-state index contributed by atoms with van der Waals surface area (Å²) in [6, 6.07) is 6.79. The highest BCUT2D eigenvalue weighted by Gasteiger charge is 2.23. The number of nitrogens with one attached hydrogen (secondary N) is 1. The molecule has 1 fully saturated rings. The second-order valence-electron chi connectivity index (χ2n) is 7.14. The normalized spacial score (nSPS) is 14.2. The van der Waals surface area contributed by atoms with E-state index in [2.05, 4.69) is 10.3 Å². The van der Waals surface area contributed by atoms with E-state index >= 15 is 0 Å². The lowest BCUT2D eigenvalue weighted by Crippen LogP contribution is -2.39. The number of rotatable bonds is 5. The number of benzene rings is 1. The Kier molecular flexibility index (Phi) is 6.91. The third-order valence-corrected chi connectivity index (χ3v) is 5.75. The quantitative estimate of drug-likeness (QED) is 0.750. The maximum Gasteiger partial charge on any atom is 0.322 e. The standard InChI is InChI=1S/C20H25ClN4O2S/c1-14(2)25(20(27)22-16-8-6-7-15(21)11-16)12-18-23-17(13-28-18)19(26)24-9-4-3-5-10-24/h6-8,11,13-14H,3-5,9-10,12H2,1-2H3,(H,22,27). The molecule has 1 aromatic heterocycles. The van der Waals surface area contributed by atoms with Gasteiger partial charge in [-0.25, -0.2) is 9.78 Å². The van der Waals surface area contributed by atoms with Gasteiger partial charge in [0.25, 0.3) is 5.91 Å². The van der Waals surface area contributed by atoms with E-state index in [1.54, 1.807) is 34.5 Å². The molecule has 1 aliphatic heterocycles. The van der Waals surface area contributed by atoms with Crippen LogP contribution in [0.25, 0.3) is 0 Å². The first-order valence-corrected chi connectivity index (χ1v) is 10.8.